The van der Waals surface area contributed by atoms with Crippen LogP contribution in [0.2, 0.25) is 15.1 Å². The molecule has 0 aliphatic heterocycles. The average molecular weight is 374 g/mol. The topological polar surface area (TPSA) is 41.5 Å². The van der Waals surface area contributed by atoms with E-state index in [0.717, 1.165) is 4.90 Å². The molecule has 0 saturated carbocycles. The third-order valence-electron chi connectivity index (χ3n) is 2.57. The minimum absolute atomic E-state index is 0.223. The van der Waals surface area contributed by atoms with E-state index in [1.807, 2.05) is 12.1 Å². The van der Waals surface area contributed by atoms with Gasteiger partial charge in [0, 0.05) is 15.5 Å². The first kappa shape index (κ1) is 17.2. The Labute approximate surface area is 147 Å². The number of thioether (sulfide) groups is 1. The van der Waals surface area contributed by atoms with Gasteiger partial charge in [0.15, 0.2) is 0 Å². The first-order valence-electron chi connectivity index (χ1n) is 6.20. The summed E-state index contributed by atoms with van der Waals surface area (Å²) in [5.41, 5.74) is 3.00. The number of benzene rings is 2. The molecule has 0 aromatic heterocycles. The van der Waals surface area contributed by atoms with Gasteiger partial charge in [-0.25, -0.2) is 5.43 Å². The van der Waals surface area contributed by atoms with E-state index in [1.165, 1.54) is 18.0 Å². The molecule has 0 atom stereocenters. The van der Waals surface area contributed by atoms with Crippen LogP contribution in [0.15, 0.2) is 52.5 Å². The molecule has 0 saturated heterocycles. The van der Waals surface area contributed by atoms with Gasteiger partial charge in [-0.2, -0.15) is 5.10 Å². The second-order valence-corrected chi connectivity index (χ2v) is 6.47. The fourth-order valence-corrected chi connectivity index (χ4v) is 2.83. The zero-order valence-electron chi connectivity index (χ0n) is 11.2. The molecular weight excluding hydrogens is 363 g/mol. The van der Waals surface area contributed by atoms with E-state index in [9.17, 15) is 4.79 Å². The number of halogens is 3. The molecule has 0 unspecified atom stereocenters. The van der Waals surface area contributed by atoms with E-state index < -0.39 is 0 Å². The smallest absolute Gasteiger partial charge is 0.250 e. The molecule has 0 radical (unpaired) electrons. The largest absolute Gasteiger partial charge is 0.272 e. The van der Waals surface area contributed by atoms with E-state index in [2.05, 4.69) is 10.5 Å². The SMILES string of the molecule is O=C(CSc1ccc(Cl)cc1)N/N=C\c1c(Cl)cccc1Cl. The lowest BCUT2D eigenvalue weighted by Gasteiger charge is -2.02. The first-order chi connectivity index (χ1) is 10.6. The fourth-order valence-electron chi connectivity index (χ4n) is 1.51. The zero-order valence-corrected chi connectivity index (χ0v) is 14.3. The highest BCUT2D eigenvalue weighted by atomic mass is 35.5. The molecular formula is C15H11Cl3N2OS. The van der Waals surface area contributed by atoms with Crippen LogP contribution in [-0.2, 0) is 4.79 Å². The number of rotatable bonds is 5. The molecule has 0 fully saturated rings. The summed E-state index contributed by atoms with van der Waals surface area (Å²) in [6.45, 7) is 0. The molecule has 2 rings (SSSR count). The third kappa shape index (κ3) is 5.21. The van der Waals surface area contributed by atoms with Crippen molar-refractivity contribution >= 4 is 58.7 Å². The van der Waals surface area contributed by atoms with Crippen molar-refractivity contribution < 1.29 is 4.79 Å². The molecule has 1 amide bonds. The minimum atomic E-state index is -0.223. The van der Waals surface area contributed by atoms with Crippen LogP contribution in [-0.4, -0.2) is 17.9 Å². The van der Waals surface area contributed by atoms with Crippen molar-refractivity contribution in [3.05, 3.63) is 63.1 Å². The predicted molar refractivity (Wildman–Crippen MR) is 94.4 cm³/mol. The van der Waals surface area contributed by atoms with Crippen molar-refractivity contribution in [3.63, 3.8) is 0 Å². The first-order valence-corrected chi connectivity index (χ1v) is 8.32. The minimum Gasteiger partial charge on any atom is -0.272 e. The maximum atomic E-state index is 11.7. The van der Waals surface area contributed by atoms with Gasteiger partial charge in [-0.3, -0.25) is 4.79 Å². The summed E-state index contributed by atoms with van der Waals surface area (Å²) < 4.78 is 0. The zero-order chi connectivity index (χ0) is 15.9. The van der Waals surface area contributed by atoms with Crippen LogP contribution in [0.3, 0.4) is 0 Å². The lowest BCUT2D eigenvalue weighted by atomic mass is 10.2. The Balaban J connectivity index is 1.85. The van der Waals surface area contributed by atoms with Gasteiger partial charge in [0.05, 0.1) is 22.0 Å². The number of carbonyl (C=O) groups excluding carboxylic acids is 1. The van der Waals surface area contributed by atoms with E-state index in [4.69, 9.17) is 34.8 Å². The van der Waals surface area contributed by atoms with Crippen molar-refractivity contribution in [2.24, 2.45) is 5.10 Å². The highest BCUT2D eigenvalue weighted by molar-refractivity contribution is 8.00. The molecule has 0 spiro atoms. The molecule has 0 aliphatic carbocycles. The second kappa shape index (κ2) is 8.44. The maximum Gasteiger partial charge on any atom is 0.250 e. The Morgan fingerprint density at radius 2 is 1.73 bits per heavy atom. The Kier molecular flexibility index (Phi) is 6.58. The molecule has 22 heavy (non-hydrogen) atoms. The molecule has 0 heterocycles. The summed E-state index contributed by atoms with van der Waals surface area (Å²) in [7, 11) is 0. The Morgan fingerprint density at radius 1 is 1.09 bits per heavy atom. The van der Waals surface area contributed by atoms with Crippen LogP contribution in [0.1, 0.15) is 5.56 Å². The van der Waals surface area contributed by atoms with Gasteiger partial charge in [0.2, 0.25) is 5.91 Å². The van der Waals surface area contributed by atoms with E-state index >= 15 is 0 Å². The number of nitrogens with zero attached hydrogens (tertiary/aromatic N) is 1. The van der Waals surface area contributed by atoms with Gasteiger partial charge >= 0.3 is 0 Å². The predicted octanol–water partition coefficient (Wildman–Crippen LogP) is 4.89. The average Bonchev–Trinajstić information content (AvgIpc) is 2.50. The van der Waals surface area contributed by atoms with Crippen molar-refractivity contribution in [3.8, 4) is 0 Å². The van der Waals surface area contributed by atoms with Crippen molar-refractivity contribution in [2.45, 2.75) is 4.90 Å². The normalized spacial score (nSPS) is 10.9. The molecule has 1 N–H and O–H groups in total. The van der Waals surface area contributed by atoms with Crippen molar-refractivity contribution in [1.82, 2.24) is 5.43 Å². The molecule has 114 valence electrons. The number of hydrogen-bond donors (Lipinski definition) is 1. The maximum absolute atomic E-state index is 11.7. The summed E-state index contributed by atoms with van der Waals surface area (Å²) in [6.07, 6.45) is 1.43. The van der Waals surface area contributed by atoms with Crippen LogP contribution in [0.4, 0.5) is 0 Å². The number of amides is 1. The van der Waals surface area contributed by atoms with Gasteiger partial charge in [-0.05, 0) is 36.4 Å². The quantitative estimate of drug-likeness (QED) is 0.460. The van der Waals surface area contributed by atoms with Crippen LogP contribution in [0.5, 0.6) is 0 Å². The highest BCUT2D eigenvalue weighted by Gasteiger charge is 2.04. The fraction of sp³-hybridized carbons (Fsp3) is 0.0667. The molecule has 2 aromatic carbocycles. The number of nitrogens with one attached hydrogen (secondary N) is 1. The van der Waals surface area contributed by atoms with Crippen LogP contribution >= 0.6 is 46.6 Å². The van der Waals surface area contributed by atoms with Gasteiger partial charge in [-0.15, -0.1) is 11.8 Å². The summed E-state index contributed by atoms with van der Waals surface area (Å²) in [5.74, 6) is 0.0225. The summed E-state index contributed by atoms with van der Waals surface area (Å²) in [6, 6.07) is 12.4. The van der Waals surface area contributed by atoms with Gasteiger partial charge < -0.3 is 0 Å². The van der Waals surface area contributed by atoms with Crippen molar-refractivity contribution in [1.29, 1.82) is 0 Å². The number of hydrogen-bond acceptors (Lipinski definition) is 3. The Hall–Kier alpha value is -1.20. The van der Waals surface area contributed by atoms with E-state index in [0.29, 0.717) is 20.6 Å². The van der Waals surface area contributed by atoms with Crippen LogP contribution in [0.25, 0.3) is 0 Å². The number of hydrazone groups is 1. The third-order valence-corrected chi connectivity index (χ3v) is 4.49. The standard InChI is InChI=1S/C15H11Cl3N2OS/c16-10-4-6-11(7-5-10)22-9-15(21)20-19-8-12-13(17)2-1-3-14(12)18/h1-8H,9H2,(H,20,21)/b19-8-. The van der Waals surface area contributed by atoms with Gasteiger partial charge in [0.1, 0.15) is 0 Å². The lowest BCUT2D eigenvalue weighted by molar-refractivity contribution is -0.118. The molecule has 2 aromatic rings. The van der Waals surface area contributed by atoms with E-state index in [1.54, 1.807) is 30.3 Å². The molecule has 0 aliphatic rings. The van der Waals surface area contributed by atoms with Gasteiger partial charge in [-0.1, -0.05) is 40.9 Å². The molecule has 3 nitrogen and oxygen atoms in total. The molecule has 0 bridgehead atoms. The van der Waals surface area contributed by atoms with Gasteiger partial charge in [0.25, 0.3) is 0 Å². The van der Waals surface area contributed by atoms with Crippen LogP contribution < -0.4 is 5.43 Å². The summed E-state index contributed by atoms with van der Waals surface area (Å²) in [5, 5.41) is 5.47. The second-order valence-electron chi connectivity index (χ2n) is 4.17. The van der Waals surface area contributed by atoms with E-state index in [-0.39, 0.29) is 11.7 Å². The van der Waals surface area contributed by atoms with Crippen molar-refractivity contribution in [2.75, 3.05) is 5.75 Å². The lowest BCUT2D eigenvalue weighted by Crippen LogP contribution is -2.19. The van der Waals surface area contributed by atoms with Crippen LogP contribution in [0, 0.1) is 0 Å². The Bertz CT molecular complexity index is 669. The summed E-state index contributed by atoms with van der Waals surface area (Å²) >= 11 is 19.2. The number of carbonyl (C=O) groups is 1. The Morgan fingerprint density at radius 3 is 2.36 bits per heavy atom. The highest BCUT2D eigenvalue weighted by Crippen LogP contribution is 2.22. The summed E-state index contributed by atoms with van der Waals surface area (Å²) in [4.78, 5) is 12.7. The molecule has 7 heteroatoms. The monoisotopic (exact) mass is 372 g/mol.